The van der Waals surface area contributed by atoms with Gasteiger partial charge in [-0.25, -0.2) is 0 Å². The zero-order chi connectivity index (χ0) is 13.4. The second-order valence-corrected chi connectivity index (χ2v) is 4.23. The first kappa shape index (κ1) is 14.2. The number of carbonyl (C=O) groups excluding carboxylic acids is 1. The number of allylic oxidation sites excluding steroid dienone is 3. The number of aromatic nitrogens is 1. The molecular weight excluding hydrogens is 224 g/mol. The fourth-order valence-electron chi connectivity index (χ4n) is 1.61. The van der Waals surface area contributed by atoms with Crippen LogP contribution in [0.3, 0.4) is 0 Å². The van der Waals surface area contributed by atoms with Gasteiger partial charge in [0.05, 0.1) is 0 Å². The molecule has 3 heteroatoms. The van der Waals surface area contributed by atoms with Crippen molar-refractivity contribution in [2.75, 3.05) is 0 Å². The molecule has 0 aliphatic carbocycles. The van der Waals surface area contributed by atoms with Gasteiger partial charge in [-0.3, -0.25) is 9.78 Å². The van der Waals surface area contributed by atoms with Crippen molar-refractivity contribution in [3.05, 3.63) is 53.4 Å². The lowest BCUT2D eigenvalue weighted by atomic mass is 10.1. The summed E-state index contributed by atoms with van der Waals surface area (Å²) in [7, 11) is 0. The van der Waals surface area contributed by atoms with Crippen LogP contribution in [0.4, 0.5) is 0 Å². The van der Waals surface area contributed by atoms with Gasteiger partial charge in [-0.15, -0.1) is 0 Å². The van der Waals surface area contributed by atoms with Gasteiger partial charge in [0.25, 0.3) is 0 Å². The molecule has 0 aliphatic heterocycles. The number of nitrogens with zero attached hydrogens (tertiary/aromatic N) is 1. The second-order valence-electron chi connectivity index (χ2n) is 4.23. The fourth-order valence-corrected chi connectivity index (χ4v) is 1.61. The quantitative estimate of drug-likeness (QED) is 0.639. The molecule has 96 valence electrons. The molecule has 1 aromatic heterocycles. The first-order chi connectivity index (χ1) is 8.63. The number of nitrogens with one attached hydrogen (secondary N) is 1. The van der Waals surface area contributed by atoms with E-state index in [-0.39, 0.29) is 5.91 Å². The molecule has 0 atom stereocenters. The average Bonchev–Trinajstić information content (AvgIpc) is 2.37. The zero-order valence-corrected chi connectivity index (χ0v) is 11.2. The highest BCUT2D eigenvalue weighted by molar-refractivity contribution is 5.93. The second kappa shape index (κ2) is 7.43. The third-order valence-electron chi connectivity index (χ3n) is 2.50. The number of pyridine rings is 1. The Labute approximate surface area is 109 Å². The van der Waals surface area contributed by atoms with Crippen molar-refractivity contribution in [3.8, 4) is 0 Å². The highest BCUT2D eigenvalue weighted by Gasteiger charge is 2.03. The number of rotatable bonds is 5. The summed E-state index contributed by atoms with van der Waals surface area (Å²) < 4.78 is 0. The summed E-state index contributed by atoms with van der Waals surface area (Å²) in [5.74, 6) is -0.0392. The van der Waals surface area contributed by atoms with Gasteiger partial charge < -0.3 is 5.32 Å². The van der Waals surface area contributed by atoms with E-state index in [1.807, 2.05) is 32.1 Å². The van der Waals surface area contributed by atoms with E-state index >= 15 is 0 Å². The largest absolute Gasteiger partial charge is 0.348 e. The molecule has 0 unspecified atom stereocenters. The zero-order valence-electron chi connectivity index (χ0n) is 11.2. The summed E-state index contributed by atoms with van der Waals surface area (Å²) in [6.07, 6.45) is 8.45. The Morgan fingerprint density at radius 1 is 1.44 bits per heavy atom. The van der Waals surface area contributed by atoms with Crippen molar-refractivity contribution in [1.82, 2.24) is 10.3 Å². The fraction of sp³-hybridized carbons (Fsp3) is 0.333. The Balaban J connectivity index is 2.53. The normalized spacial score (nSPS) is 12.4. The molecule has 0 saturated carbocycles. The predicted molar refractivity (Wildman–Crippen MR) is 73.9 cm³/mol. The van der Waals surface area contributed by atoms with E-state index in [2.05, 4.69) is 23.3 Å². The Kier molecular flexibility index (Phi) is 5.85. The van der Waals surface area contributed by atoms with Gasteiger partial charge in [0.15, 0.2) is 0 Å². The van der Waals surface area contributed by atoms with Crippen molar-refractivity contribution < 1.29 is 4.79 Å². The Morgan fingerprint density at radius 3 is 2.83 bits per heavy atom. The summed E-state index contributed by atoms with van der Waals surface area (Å²) in [6, 6.07) is 3.80. The molecule has 1 rings (SSSR count). The predicted octanol–water partition coefficient (Wildman–Crippen LogP) is 3.00. The first-order valence-electron chi connectivity index (χ1n) is 6.15. The number of hydrogen-bond donors (Lipinski definition) is 1. The molecule has 0 radical (unpaired) electrons. The first-order valence-corrected chi connectivity index (χ1v) is 6.15. The topological polar surface area (TPSA) is 42.0 Å². The van der Waals surface area contributed by atoms with Crippen molar-refractivity contribution in [2.45, 2.75) is 33.7 Å². The van der Waals surface area contributed by atoms with Crippen LogP contribution in [-0.2, 0) is 11.3 Å². The van der Waals surface area contributed by atoms with Crippen LogP contribution in [0.5, 0.6) is 0 Å². The van der Waals surface area contributed by atoms with Crippen LogP contribution in [0.1, 0.15) is 32.8 Å². The van der Waals surface area contributed by atoms with Crippen molar-refractivity contribution in [3.63, 3.8) is 0 Å². The molecule has 0 fully saturated rings. The molecule has 0 aromatic carbocycles. The molecular formula is C15H20N2O. The summed E-state index contributed by atoms with van der Waals surface area (Å²) in [5.41, 5.74) is 2.84. The third-order valence-corrected chi connectivity index (χ3v) is 2.50. The van der Waals surface area contributed by atoms with Crippen LogP contribution in [0, 0.1) is 0 Å². The summed E-state index contributed by atoms with van der Waals surface area (Å²) in [5, 5.41) is 2.87. The van der Waals surface area contributed by atoms with Crippen LogP contribution in [-0.4, -0.2) is 10.9 Å². The van der Waals surface area contributed by atoms with Gasteiger partial charge in [0.2, 0.25) is 5.91 Å². The van der Waals surface area contributed by atoms with E-state index in [1.54, 1.807) is 12.4 Å². The van der Waals surface area contributed by atoms with Gasteiger partial charge in [-0.1, -0.05) is 30.7 Å². The molecule has 0 saturated heterocycles. The average molecular weight is 244 g/mol. The van der Waals surface area contributed by atoms with Crippen LogP contribution in [0.15, 0.2) is 47.8 Å². The van der Waals surface area contributed by atoms with E-state index in [9.17, 15) is 4.79 Å². The number of hydrogen-bond acceptors (Lipinski definition) is 2. The lowest BCUT2D eigenvalue weighted by Gasteiger charge is -2.05. The van der Waals surface area contributed by atoms with Crippen LogP contribution in [0.25, 0.3) is 0 Å². The lowest BCUT2D eigenvalue weighted by Crippen LogP contribution is -2.23. The Hall–Kier alpha value is -1.90. The van der Waals surface area contributed by atoms with Crippen LogP contribution < -0.4 is 5.32 Å². The molecule has 1 N–H and O–H groups in total. The van der Waals surface area contributed by atoms with E-state index in [4.69, 9.17) is 0 Å². The molecule has 1 heterocycles. The molecule has 18 heavy (non-hydrogen) atoms. The summed E-state index contributed by atoms with van der Waals surface area (Å²) >= 11 is 0. The number of carbonyl (C=O) groups is 1. The van der Waals surface area contributed by atoms with Crippen LogP contribution in [0.2, 0.25) is 0 Å². The standard InChI is InChI=1S/C15H20N2O/c1-4-6-12(2)9-13(3)15(18)17-11-14-7-5-8-16-10-14/h5-10H,4,11H2,1-3H3,(H,17,18)/b12-6-,13-9+. The van der Waals surface area contributed by atoms with Crippen molar-refractivity contribution in [2.24, 2.45) is 0 Å². The third kappa shape index (κ3) is 4.95. The molecule has 0 aliphatic rings. The minimum absolute atomic E-state index is 0.0392. The lowest BCUT2D eigenvalue weighted by molar-refractivity contribution is -0.117. The maximum Gasteiger partial charge on any atom is 0.247 e. The van der Waals surface area contributed by atoms with Gasteiger partial charge in [0, 0.05) is 24.5 Å². The maximum atomic E-state index is 11.8. The van der Waals surface area contributed by atoms with E-state index in [0.29, 0.717) is 6.54 Å². The van der Waals surface area contributed by atoms with Crippen molar-refractivity contribution in [1.29, 1.82) is 0 Å². The SMILES string of the molecule is CC/C=C(C)\C=C(/C)C(=O)NCc1cccnc1. The maximum absolute atomic E-state index is 11.8. The van der Waals surface area contributed by atoms with Gasteiger partial charge in [-0.05, 0) is 31.9 Å². The van der Waals surface area contributed by atoms with E-state index in [1.165, 1.54) is 0 Å². The van der Waals surface area contributed by atoms with Gasteiger partial charge in [0.1, 0.15) is 0 Å². The van der Waals surface area contributed by atoms with Crippen LogP contribution >= 0.6 is 0 Å². The van der Waals surface area contributed by atoms with Gasteiger partial charge >= 0.3 is 0 Å². The molecule has 3 nitrogen and oxygen atoms in total. The molecule has 1 aromatic rings. The summed E-state index contributed by atoms with van der Waals surface area (Å²) in [6.45, 7) is 6.41. The monoisotopic (exact) mass is 244 g/mol. The molecule has 0 bridgehead atoms. The summed E-state index contributed by atoms with van der Waals surface area (Å²) in [4.78, 5) is 15.8. The van der Waals surface area contributed by atoms with Crippen molar-refractivity contribution >= 4 is 5.91 Å². The number of amides is 1. The Morgan fingerprint density at radius 2 is 2.22 bits per heavy atom. The smallest absolute Gasteiger partial charge is 0.247 e. The molecule has 1 amide bonds. The van der Waals surface area contributed by atoms with Gasteiger partial charge in [-0.2, -0.15) is 0 Å². The van der Waals surface area contributed by atoms with E-state index in [0.717, 1.165) is 23.1 Å². The Bertz CT molecular complexity index is 447. The van der Waals surface area contributed by atoms with E-state index < -0.39 is 0 Å². The minimum Gasteiger partial charge on any atom is -0.348 e. The highest BCUT2D eigenvalue weighted by Crippen LogP contribution is 2.03. The minimum atomic E-state index is -0.0392. The highest BCUT2D eigenvalue weighted by atomic mass is 16.1. The molecule has 0 spiro atoms.